The molecule has 1 aromatic rings. The van der Waals surface area contributed by atoms with Crippen molar-refractivity contribution in [1.29, 1.82) is 0 Å². The molecule has 0 saturated heterocycles. The van der Waals surface area contributed by atoms with Crippen molar-refractivity contribution in [2.24, 2.45) is 5.92 Å². The molecule has 0 aromatic heterocycles. The number of rotatable bonds is 10. The van der Waals surface area contributed by atoms with Crippen LogP contribution in [0.3, 0.4) is 0 Å². The maximum atomic E-state index is 13.3. The number of halogens is 1. The summed E-state index contributed by atoms with van der Waals surface area (Å²) in [6, 6.07) is 6.97. The molecule has 0 saturated carbocycles. The quantitative estimate of drug-likeness (QED) is 0.567. The molecule has 0 spiro atoms. The van der Waals surface area contributed by atoms with Crippen LogP contribution in [-0.2, 0) is 0 Å². The minimum atomic E-state index is -0.144. The highest BCUT2D eigenvalue weighted by molar-refractivity contribution is 5.20. The Balaban J connectivity index is 2.53. The smallest absolute Gasteiger partial charge is 0.123 e. The number of benzene rings is 1. The van der Waals surface area contributed by atoms with Crippen molar-refractivity contribution in [3.8, 4) is 0 Å². The first-order valence-corrected chi connectivity index (χ1v) is 8.88. The van der Waals surface area contributed by atoms with Crippen LogP contribution in [0.4, 0.5) is 4.39 Å². The summed E-state index contributed by atoms with van der Waals surface area (Å²) in [5.74, 6) is 0.988. The van der Waals surface area contributed by atoms with Gasteiger partial charge in [0.25, 0.3) is 0 Å². The first kappa shape index (κ1) is 19.2. The second kappa shape index (κ2) is 9.29. The monoisotopic (exact) mass is 307 g/mol. The predicted molar refractivity (Wildman–Crippen MR) is 94.8 cm³/mol. The maximum Gasteiger partial charge on any atom is 0.123 e. The van der Waals surface area contributed by atoms with Crippen LogP contribution in [0.1, 0.15) is 78.2 Å². The van der Waals surface area contributed by atoms with Crippen molar-refractivity contribution in [3.63, 3.8) is 0 Å². The Labute approximate surface area is 136 Å². The molecule has 1 N–H and O–H groups in total. The van der Waals surface area contributed by atoms with Gasteiger partial charge in [-0.25, -0.2) is 4.39 Å². The second-order valence-corrected chi connectivity index (χ2v) is 7.37. The summed E-state index contributed by atoms with van der Waals surface area (Å²) in [5, 5.41) is 3.70. The first-order chi connectivity index (χ1) is 10.4. The fourth-order valence-corrected chi connectivity index (χ4v) is 3.32. The molecule has 0 heterocycles. The fraction of sp³-hybridized carbons (Fsp3) is 0.700. The molecule has 22 heavy (non-hydrogen) atoms. The largest absolute Gasteiger partial charge is 0.311 e. The van der Waals surface area contributed by atoms with Gasteiger partial charge < -0.3 is 5.32 Å². The van der Waals surface area contributed by atoms with Crippen LogP contribution in [0.25, 0.3) is 0 Å². The summed E-state index contributed by atoms with van der Waals surface area (Å²) in [7, 11) is 0. The number of hydrogen-bond acceptors (Lipinski definition) is 1. The molecular formula is C20H34FN. The van der Waals surface area contributed by atoms with Crippen LogP contribution < -0.4 is 5.32 Å². The van der Waals surface area contributed by atoms with Gasteiger partial charge in [-0.2, -0.15) is 0 Å². The first-order valence-electron chi connectivity index (χ1n) is 8.88. The van der Waals surface area contributed by atoms with Gasteiger partial charge >= 0.3 is 0 Å². The lowest BCUT2D eigenvalue weighted by Crippen LogP contribution is -2.42. The normalized spacial score (nSPS) is 13.6. The van der Waals surface area contributed by atoms with Gasteiger partial charge in [0.05, 0.1) is 0 Å². The Bertz CT molecular complexity index is 421. The van der Waals surface area contributed by atoms with E-state index < -0.39 is 0 Å². The molecule has 1 rings (SSSR count). The van der Waals surface area contributed by atoms with E-state index in [4.69, 9.17) is 0 Å². The van der Waals surface area contributed by atoms with E-state index in [0.29, 0.717) is 5.92 Å². The van der Waals surface area contributed by atoms with E-state index in [2.05, 4.69) is 39.9 Å². The highest BCUT2D eigenvalue weighted by Gasteiger charge is 2.23. The Morgan fingerprint density at radius 2 is 1.77 bits per heavy atom. The molecule has 0 aliphatic rings. The van der Waals surface area contributed by atoms with Gasteiger partial charge in [-0.3, -0.25) is 0 Å². The van der Waals surface area contributed by atoms with Gasteiger partial charge in [-0.15, -0.1) is 0 Å². The third kappa shape index (κ3) is 6.91. The Morgan fingerprint density at radius 1 is 1.14 bits per heavy atom. The lowest BCUT2D eigenvalue weighted by atomic mass is 9.84. The average Bonchev–Trinajstić information content (AvgIpc) is 2.45. The molecule has 0 fully saturated rings. The third-order valence-electron chi connectivity index (χ3n) is 4.50. The average molecular weight is 307 g/mol. The molecule has 0 aliphatic carbocycles. The van der Waals surface area contributed by atoms with Gasteiger partial charge in [-0.1, -0.05) is 58.6 Å². The SMILES string of the molecule is CCCC(CCC)CC(C)(C)NCC(C)c1cccc(F)c1. The Hall–Kier alpha value is -0.890. The lowest BCUT2D eigenvalue weighted by molar-refractivity contribution is 0.270. The van der Waals surface area contributed by atoms with E-state index in [-0.39, 0.29) is 11.4 Å². The van der Waals surface area contributed by atoms with E-state index in [1.54, 1.807) is 12.1 Å². The molecule has 0 bridgehead atoms. The van der Waals surface area contributed by atoms with E-state index in [1.807, 2.05) is 6.07 Å². The summed E-state index contributed by atoms with van der Waals surface area (Å²) in [5.41, 5.74) is 1.21. The summed E-state index contributed by atoms with van der Waals surface area (Å²) >= 11 is 0. The van der Waals surface area contributed by atoms with Crippen LogP contribution in [0.2, 0.25) is 0 Å². The standard InChI is InChI=1S/C20H34FN/c1-6-9-17(10-7-2)14-20(4,5)22-15-16(3)18-11-8-12-19(21)13-18/h8,11-13,16-17,22H,6-7,9-10,14-15H2,1-5H3. The summed E-state index contributed by atoms with van der Waals surface area (Å²) < 4.78 is 13.3. The van der Waals surface area contributed by atoms with Crippen LogP contribution in [0.15, 0.2) is 24.3 Å². The van der Waals surface area contributed by atoms with Gasteiger partial charge in [0.2, 0.25) is 0 Å². The molecule has 0 radical (unpaired) electrons. The molecule has 2 heteroatoms. The van der Waals surface area contributed by atoms with Gasteiger partial charge in [0, 0.05) is 12.1 Å². The Morgan fingerprint density at radius 3 is 2.32 bits per heavy atom. The van der Waals surface area contributed by atoms with Crippen molar-refractivity contribution in [2.45, 2.75) is 78.2 Å². The second-order valence-electron chi connectivity index (χ2n) is 7.37. The molecule has 0 amide bonds. The number of nitrogens with one attached hydrogen (secondary N) is 1. The lowest BCUT2D eigenvalue weighted by Gasteiger charge is -2.32. The van der Waals surface area contributed by atoms with E-state index in [0.717, 1.165) is 18.0 Å². The highest BCUT2D eigenvalue weighted by Crippen LogP contribution is 2.25. The minimum absolute atomic E-state index is 0.136. The predicted octanol–water partition coefficient (Wildman–Crippen LogP) is 5.90. The summed E-state index contributed by atoms with van der Waals surface area (Å²) in [4.78, 5) is 0. The van der Waals surface area contributed by atoms with Crippen LogP contribution >= 0.6 is 0 Å². The fourth-order valence-electron chi connectivity index (χ4n) is 3.32. The third-order valence-corrected chi connectivity index (χ3v) is 4.50. The molecule has 1 nitrogen and oxygen atoms in total. The molecule has 126 valence electrons. The van der Waals surface area contributed by atoms with E-state index >= 15 is 0 Å². The summed E-state index contributed by atoms with van der Waals surface area (Å²) in [6.07, 6.45) is 6.38. The summed E-state index contributed by atoms with van der Waals surface area (Å²) in [6.45, 7) is 12.2. The minimum Gasteiger partial charge on any atom is -0.311 e. The molecule has 0 aliphatic heterocycles. The van der Waals surface area contributed by atoms with Crippen LogP contribution in [0.5, 0.6) is 0 Å². The van der Waals surface area contributed by atoms with Crippen molar-refractivity contribution in [1.82, 2.24) is 5.32 Å². The topological polar surface area (TPSA) is 12.0 Å². The molecule has 1 aromatic carbocycles. The molecular weight excluding hydrogens is 273 g/mol. The van der Waals surface area contributed by atoms with Crippen molar-refractivity contribution in [3.05, 3.63) is 35.6 Å². The zero-order chi connectivity index (χ0) is 16.6. The van der Waals surface area contributed by atoms with Gasteiger partial charge in [0.1, 0.15) is 5.82 Å². The van der Waals surface area contributed by atoms with Crippen LogP contribution in [-0.4, -0.2) is 12.1 Å². The highest BCUT2D eigenvalue weighted by atomic mass is 19.1. The Kier molecular flexibility index (Phi) is 8.09. The van der Waals surface area contributed by atoms with Crippen molar-refractivity contribution in [2.75, 3.05) is 6.54 Å². The van der Waals surface area contributed by atoms with E-state index in [9.17, 15) is 4.39 Å². The zero-order valence-corrected chi connectivity index (χ0v) is 15.1. The van der Waals surface area contributed by atoms with Gasteiger partial charge in [-0.05, 0) is 49.8 Å². The maximum absolute atomic E-state index is 13.3. The van der Waals surface area contributed by atoms with Crippen molar-refractivity contribution >= 4 is 0 Å². The van der Waals surface area contributed by atoms with Gasteiger partial charge in [0.15, 0.2) is 0 Å². The van der Waals surface area contributed by atoms with Crippen molar-refractivity contribution < 1.29 is 4.39 Å². The van der Waals surface area contributed by atoms with E-state index in [1.165, 1.54) is 38.2 Å². The van der Waals surface area contributed by atoms with Crippen LogP contribution in [0, 0.1) is 11.7 Å². The molecule has 1 unspecified atom stereocenters. The number of hydrogen-bond donors (Lipinski definition) is 1. The molecule has 1 atom stereocenters. The zero-order valence-electron chi connectivity index (χ0n) is 15.1.